The van der Waals surface area contributed by atoms with Crippen molar-refractivity contribution in [1.82, 2.24) is 15.3 Å². The maximum absolute atomic E-state index is 12.9. The number of carbonyl (C=O) groups is 1. The lowest BCUT2D eigenvalue weighted by molar-refractivity contribution is -0.142. The molecule has 2 aromatic rings. The second-order valence-corrected chi connectivity index (χ2v) is 7.47. The fraction of sp³-hybridized carbons (Fsp3) is 0.438. The van der Waals surface area contributed by atoms with Crippen LogP contribution in [-0.2, 0) is 17.3 Å². The summed E-state index contributed by atoms with van der Waals surface area (Å²) in [6.45, 7) is 5.27. The topological polar surface area (TPSA) is 84.1 Å². The number of hydrogen-bond donors (Lipinski definition) is 2. The van der Waals surface area contributed by atoms with Gasteiger partial charge in [-0.05, 0) is 44.9 Å². The number of ether oxygens (including phenoxy) is 1. The first-order valence-corrected chi connectivity index (χ1v) is 8.42. The third-order valence-corrected chi connectivity index (χ3v) is 3.63. The molecule has 2 N–H and O–H groups in total. The summed E-state index contributed by atoms with van der Waals surface area (Å²) in [7, 11) is 0. The van der Waals surface area contributed by atoms with Gasteiger partial charge in [0.2, 0.25) is 5.69 Å². The number of hydrogen-bond acceptors (Lipinski definition) is 4. The summed E-state index contributed by atoms with van der Waals surface area (Å²) in [6, 6.07) is 3.05. The van der Waals surface area contributed by atoms with E-state index in [1.54, 1.807) is 26.8 Å². The Morgan fingerprint density at radius 2 is 1.96 bits per heavy atom. The van der Waals surface area contributed by atoms with Gasteiger partial charge in [0.15, 0.2) is 0 Å². The minimum Gasteiger partial charge on any atom is -0.444 e. The molecule has 0 atom stereocenters. The number of amides is 1. The van der Waals surface area contributed by atoms with Gasteiger partial charge < -0.3 is 15.0 Å². The molecule has 142 valence electrons. The normalized spacial score (nSPS) is 12.3. The molecular weight excluding hydrogens is 419 g/mol. The van der Waals surface area contributed by atoms with E-state index in [2.05, 4.69) is 31.2 Å². The van der Waals surface area contributed by atoms with Crippen molar-refractivity contribution in [1.29, 1.82) is 0 Å². The molecule has 1 amide bonds. The predicted octanol–water partition coefficient (Wildman–Crippen LogP) is 3.77. The highest BCUT2D eigenvalue weighted by molar-refractivity contribution is 9.10. The molecule has 0 aliphatic heterocycles. The molecule has 0 aliphatic rings. The monoisotopic (exact) mass is 435 g/mol. The van der Waals surface area contributed by atoms with Gasteiger partial charge in [-0.15, -0.1) is 0 Å². The van der Waals surface area contributed by atoms with E-state index < -0.39 is 29.1 Å². The maximum atomic E-state index is 12.9. The summed E-state index contributed by atoms with van der Waals surface area (Å²) in [5.74, 6) is 0. The van der Waals surface area contributed by atoms with Crippen molar-refractivity contribution < 1.29 is 22.7 Å². The van der Waals surface area contributed by atoms with Gasteiger partial charge in [-0.25, -0.2) is 9.78 Å². The Balaban J connectivity index is 2.29. The molecule has 26 heavy (non-hydrogen) atoms. The standard InChI is InChI=1S/C16H17BrF3N3O3/c1-15(2,3)26-14(25)21-5-4-8-6-9(17)7-10-11(8)23-12(13(24)22-10)16(18,19)20/h6-7H,4-5H2,1-3H3,(H,21,25)(H,22,24). The van der Waals surface area contributed by atoms with E-state index in [9.17, 15) is 22.8 Å². The van der Waals surface area contributed by atoms with Crippen molar-refractivity contribution in [2.24, 2.45) is 0 Å². The van der Waals surface area contributed by atoms with Crippen molar-refractivity contribution in [3.8, 4) is 0 Å². The average molecular weight is 436 g/mol. The van der Waals surface area contributed by atoms with E-state index in [-0.39, 0.29) is 24.0 Å². The van der Waals surface area contributed by atoms with Crippen LogP contribution in [0.2, 0.25) is 0 Å². The molecule has 6 nitrogen and oxygen atoms in total. The van der Waals surface area contributed by atoms with Crippen molar-refractivity contribution in [2.45, 2.75) is 39.0 Å². The molecule has 0 aliphatic carbocycles. The van der Waals surface area contributed by atoms with Crippen molar-refractivity contribution >= 4 is 33.1 Å². The largest absolute Gasteiger partial charge is 0.444 e. The second kappa shape index (κ2) is 7.26. The number of halogens is 4. The van der Waals surface area contributed by atoms with Crippen molar-refractivity contribution in [3.63, 3.8) is 0 Å². The van der Waals surface area contributed by atoms with Gasteiger partial charge in [0.1, 0.15) is 5.60 Å². The van der Waals surface area contributed by atoms with Gasteiger partial charge in [0, 0.05) is 11.0 Å². The van der Waals surface area contributed by atoms with Crippen LogP contribution in [0, 0.1) is 0 Å². The summed E-state index contributed by atoms with van der Waals surface area (Å²) in [5, 5.41) is 2.53. The molecule has 0 saturated heterocycles. The van der Waals surface area contributed by atoms with Gasteiger partial charge in [0.25, 0.3) is 5.56 Å². The Hall–Kier alpha value is -2.10. The average Bonchev–Trinajstić information content (AvgIpc) is 2.42. The van der Waals surface area contributed by atoms with Gasteiger partial charge in [0.05, 0.1) is 11.0 Å². The number of alkyl carbamates (subject to hydrolysis) is 1. The number of benzene rings is 1. The molecule has 0 saturated carbocycles. The van der Waals surface area contributed by atoms with Crippen molar-refractivity contribution in [2.75, 3.05) is 6.54 Å². The number of H-pyrrole nitrogens is 1. The van der Waals surface area contributed by atoms with E-state index in [1.807, 2.05) is 0 Å². The molecule has 0 spiro atoms. The van der Waals surface area contributed by atoms with E-state index >= 15 is 0 Å². The molecule has 10 heteroatoms. The Kier molecular flexibility index (Phi) is 5.64. The predicted molar refractivity (Wildman–Crippen MR) is 93.0 cm³/mol. The molecule has 0 radical (unpaired) electrons. The van der Waals surface area contributed by atoms with E-state index in [0.29, 0.717) is 10.0 Å². The van der Waals surface area contributed by atoms with Gasteiger partial charge in [-0.3, -0.25) is 4.79 Å². The summed E-state index contributed by atoms with van der Waals surface area (Å²) in [6.07, 6.45) is -5.29. The van der Waals surface area contributed by atoms with Crippen LogP contribution >= 0.6 is 15.9 Å². The van der Waals surface area contributed by atoms with E-state index in [4.69, 9.17) is 4.74 Å². The highest BCUT2D eigenvalue weighted by Gasteiger charge is 2.36. The third kappa shape index (κ3) is 5.20. The number of fused-ring (bicyclic) bond motifs is 1. The van der Waals surface area contributed by atoms with Crippen LogP contribution in [-0.4, -0.2) is 28.2 Å². The highest BCUT2D eigenvalue weighted by atomic mass is 79.9. The fourth-order valence-electron chi connectivity index (χ4n) is 2.22. The highest BCUT2D eigenvalue weighted by Crippen LogP contribution is 2.28. The molecule has 0 fully saturated rings. The molecular formula is C16H17BrF3N3O3. The molecule has 0 bridgehead atoms. The summed E-state index contributed by atoms with van der Waals surface area (Å²) in [4.78, 5) is 29.0. The first-order valence-electron chi connectivity index (χ1n) is 7.63. The first kappa shape index (κ1) is 20.2. The number of carbonyl (C=O) groups excluding carboxylic acids is 1. The zero-order valence-electron chi connectivity index (χ0n) is 14.3. The van der Waals surface area contributed by atoms with E-state index in [1.165, 1.54) is 6.07 Å². The summed E-state index contributed by atoms with van der Waals surface area (Å²) < 4.78 is 44.5. The van der Waals surface area contributed by atoms with Crippen LogP contribution in [0.3, 0.4) is 0 Å². The minimum atomic E-state index is -4.86. The maximum Gasteiger partial charge on any atom is 0.438 e. The van der Waals surface area contributed by atoms with Crippen LogP contribution in [0.5, 0.6) is 0 Å². The molecule has 1 aromatic carbocycles. The number of rotatable bonds is 3. The van der Waals surface area contributed by atoms with Gasteiger partial charge >= 0.3 is 12.3 Å². The van der Waals surface area contributed by atoms with Crippen molar-refractivity contribution in [3.05, 3.63) is 38.2 Å². The number of aromatic amines is 1. The fourth-order valence-corrected chi connectivity index (χ4v) is 2.73. The van der Waals surface area contributed by atoms with Crippen LogP contribution in [0.4, 0.5) is 18.0 Å². The van der Waals surface area contributed by atoms with Crippen LogP contribution in [0.1, 0.15) is 32.0 Å². The zero-order chi connectivity index (χ0) is 19.7. The Bertz CT molecular complexity index is 888. The summed E-state index contributed by atoms with van der Waals surface area (Å²) in [5.41, 5.74) is -2.84. The first-order chi connectivity index (χ1) is 11.9. The van der Waals surface area contributed by atoms with Crippen LogP contribution in [0.15, 0.2) is 21.4 Å². The molecule has 0 unspecified atom stereocenters. The number of nitrogens with zero attached hydrogens (tertiary/aromatic N) is 1. The van der Waals surface area contributed by atoms with Gasteiger partial charge in [-0.2, -0.15) is 13.2 Å². The van der Waals surface area contributed by atoms with Gasteiger partial charge in [-0.1, -0.05) is 15.9 Å². The number of aromatic nitrogens is 2. The molecule has 2 rings (SSSR count). The van der Waals surface area contributed by atoms with E-state index in [0.717, 1.165) is 0 Å². The Morgan fingerprint density at radius 3 is 2.54 bits per heavy atom. The lowest BCUT2D eigenvalue weighted by Gasteiger charge is -2.19. The zero-order valence-corrected chi connectivity index (χ0v) is 15.8. The number of alkyl halides is 3. The second-order valence-electron chi connectivity index (χ2n) is 6.55. The Labute approximate surface area is 155 Å². The Morgan fingerprint density at radius 1 is 1.31 bits per heavy atom. The lowest BCUT2D eigenvalue weighted by Crippen LogP contribution is -2.33. The SMILES string of the molecule is CC(C)(C)OC(=O)NCCc1cc(Br)cc2[nH]c(=O)c(C(F)(F)F)nc12. The van der Waals surface area contributed by atoms with Crippen LogP contribution in [0.25, 0.3) is 11.0 Å². The van der Waals surface area contributed by atoms with Crippen LogP contribution < -0.4 is 10.9 Å². The number of nitrogens with one attached hydrogen (secondary N) is 2. The lowest BCUT2D eigenvalue weighted by atomic mass is 10.1. The molecule has 1 aromatic heterocycles. The quantitative estimate of drug-likeness (QED) is 0.768. The minimum absolute atomic E-state index is 0.0195. The third-order valence-electron chi connectivity index (χ3n) is 3.17. The summed E-state index contributed by atoms with van der Waals surface area (Å²) >= 11 is 3.24. The smallest absolute Gasteiger partial charge is 0.438 e. The molecule has 1 heterocycles.